The van der Waals surface area contributed by atoms with Crippen LogP contribution in [-0.4, -0.2) is 58.5 Å². The number of hydrogen-bond donors (Lipinski definition) is 0. The van der Waals surface area contributed by atoms with Gasteiger partial charge in [0, 0.05) is 30.2 Å². The molecule has 4 rings (SSSR count). The molecule has 0 radical (unpaired) electrons. The molecule has 1 fully saturated rings. The lowest BCUT2D eigenvalue weighted by atomic mass is 10.0. The maximum Gasteiger partial charge on any atom is 0.265 e. The predicted octanol–water partition coefficient (Wildman–Crippen LogP) is 2.75. The van der Waals surface area contributed by atoms with E-state index in [9.17, 15) is 14.0 Å². The number of nitrogens with zero attached hydrogens (tertiary/aromatic N) is 4. The van der Waals surface area contributed by atoms with E-state index in [1.807, 2.05) is 6.07 Å². The Labute approximate surface area is 174 Å². The molecule has 1 saturated heterocycles. The van der Waals surface area contributed by atoms with Crippen molar-refractivity contribution in [3.63, 3.8) is 0 Å². The molecule has 0 N–H and O–H groups in total. The van der Waals surface area contributed by atoms with Crippen molar-refractivity contribution in [3.8, 4) is 0 Å². The monoisotopic (exact) mass is 408 g/mol. The molecule has 0 atom stereocenters. The van der Waals surface area contributed by atoms with Crippen molar-refractivity contribution in [2.75, 3.05) is 27.2 Å². The van der Waals surface area contributed by atoms with Gasteiger partial charge in [-0.05, 0) is 57.2 Å². The predicted molar refractivity (Wildman–Crippen MR) is 114 cm³/mol. The van der Waals surface area contributed by atoms with Crippen LogP contribution >= 0.6 is 0 Å². The normalized spacial score (nSPS) is 15.4. The number of likely N-dealkylation sites (tertiary alicyclic amines) is 1. The molecule has 1 amide bonds. The van der Waals surface area contributed by atoms with E-state index in [0.717, 1.165) is 25.9 Å². The Morgan fingerprint density at radius 3 is 2.67 bits per heavy atom. The molecule has 0 saturated carbocycles. The number of aromatic nitrogens is 2. The number of piperidine rings is 1. The second-order valence-electron chi connectivity index (χ2n) is 7.91. The van der Waals surface area contributed by atoms with Gasteiger partial charge >= 0.3 is 0 Å². The summed E-state index contributed by atoms with van der Waals surface area (Å²) in [7, 11) is 3.82. The summed E-state index contributed by atoms with van der Waals surface area (Å²) in [5.74, 6) is -0.698. The van der Waals surface area contributed by atoms with Gasteiger partial charge in [-0.15, -0.1) is 0 Å². The van der Waals surface area contributed by atoms with Crippen molar-refractivity contribution in [2.45, 2.75) is 25.4 Å². The van der Waals surface area contributed by atoms with E-state index < -0.39 is 11.4 Å². The maximum atomic E-state index is 14.3. The van der Waals surface area contributed by atoms with Gasteiger partial charge in [0.1, 0.15) is 17.0 Å². The topological polar surface area (TPSA) is 58.4 Å². The largest absolute Gasteiger partial charge is 0.338 e. The Bertz CT molecular complexity index is 1140. The SMILES string of the molecule is CN1CCC(N(C)C(=O)c2cc3cccnc3n(Cc3ccccc3F)c2=O)CC1. The van der Waals surface area contributed by atoms with Crippen molar-refractivity contribution in [1.29, 1.82) is 0 Å². The summed E-state index contributed by atoms with van der Waals surface area (Å²) in [6, 6.07) is 11.6. The van der Waals surface area contributed by atoms with Crippen LogP contribution in [0.3, 0.4) is 0 Å². The summed E-state index contributed by atoms with van der Waals surface area (Å²) in [6.07, 6.45) is 3.33. The van der Waals surface area contributed by atoms with Crippen molar-refractivity contribution in [2.24, 2.45) is 0 Å². The number of halogens is 1. The molecular weight excluding hydrogens is 383 g/mol. The third-order valence-corrected chi connectivity index (χ3v) is 5.92. The summed E-state index contributed by atoms with van der Waals surface area (Å²) >= 11 is 0. The molecule has 1 aliphatic rings. The molecule has 7 heteroatoms. The van der Waals surface area contributed by atoms with E-state index in [0.29, 0.717) is 16.6 Å². The molecule has 2 aromatic heterocycles. The lowest BCUT2D eigenvalue weighted by molar-refractivity contribution is 0.0657. The van der Waals surface area contributed by atoms with E-state index >= 15 is 0 Å². The zero-order chi connectivity index (χ0) is 21.3. The van der Waals surface area contributed by atoms with Gasteiger partial charge in [-0.1, -0.05) is 18.2 Å². The van der Waals surface area contributed by atoms with Crippen LogP contribution in [0.4, 0.5) is 4.39 Å². The summed E-state index contributed by atoms with van der Waals surface area (Å²) in [5, 5.41) is 0.675. The smallest absolute Gasteiger partial charge is 0.265 e. The quantitative estimate of drug-likeness (QED) is 0.666. The first kappa shape index (κ1) is 20.2. The zero-order valence-corrected chi connectivity index (χ0v) is 17.2. The van der Waals surface area contributed by atoms with E-state index in [1.165, 1.54) is 10.6 Å². The van der Waals surface area contributed by atoms with E-state index in [-0.39, 0.29) is 24.1 Å². The number of carbonyl (C=O) groups excluding carboxylic acids is 1. The first-order chi connectivity index (χ1) is 14.5. The Morgan fingerprint density at radius 1 is 1.20 bits per heavy atom. The number of rotatable bonds is 4. The fourth-order valence-electron chi connectivity index (χ4n) is 4.04. The third-order valence-electron chi connectivity index (χ3n) is 5.92. The molecule has 0 aliphatic carbocycles. The molecular formula is C23H25FN4O2. The fraction of sp³-hybridized carbons (Fsp3) is 0.348. The van der Waals surface area contributed by atoms with Crippen molar-refractivity contribution in [3.05, 3.63) is 76.0 Å². The highest BCUT2D eigenvalue weighted by molar-refractivity contribution is 5.97. The zero-order valence-electron chi connectivity index (χ0n) is 17.2. The van der Waals surface area contributed by atoms with Gasteiger partial charge in [0.2, 0.25) is 0 Å². The molecule has 30 heavy (non-hydrogen) atoms. The van der Waals surface area contributed by atoms with Crippen LogP contribution in [0.1, 0.15) is 28.8 Å². The summed E-state index contributed by atoms with van der Waals surface area (Å²) in [4.78, 5) is 34.8. The molecule has 156 valence electrons. The number of fused-ring (bicyclic) bond motifs is 1. The highest BCUT2D eigenvalue weighted by atomic mass is 19.1. The van der Waals surface area contributed by atoms with Gasteiger partial charge in [0.25, 0.3) is 11.5 Å². The first-order valence-corrected chi connectivity index (χ1v) is 10.1. The van der Waals surface area contributed by atoms with Gasteiger partial charge < -0.3 is 9.80 Å². The van der Waals surface area contributed by atoms with Crippen molar-refractivity contribution >= 4 is 16.9 Å². The Morgan fingerprint density at radius 2 is 1.93 bits per heavy atom. The van der Waals surface area contributed by atoms with Gasteiger partial charge in [0.05, 0.1) is 6.54 Å². The molecule has 1 aliphatic heterocycles. The van der Waals surface area contributed by atoms with Crippen LogP contribution in [0, 0.1) is 5.82 Å². The van der Waals surface area contributed by atoms with E-state index in [1.54, 1.807) is 48.5 Å². The molecule has 0 spiro atoms. The van der Waals surface area contributed by atoms with Gasteiger partial charge in [-0.25, -0.2) is 9.37 Å². The molecule has 1 aromatic carbocycles. The third kappa shape index (κ3) is 3.85. The molecule has 3 aromatic rings. The van der Waals surface area contributed by atoms with Crippen LogP contribution in [-0.2, 0) is 6.54 Å². The van der Waals surface area contributed by atoms with Gasteiger partial charge in [0.15, 0.2) is 0 Å². The average Bonchev–Trinajstić information content (AvgIpc) is 2.76. The summed E-state index contributed by atoms with van der Waals surface area (Å²) in [5.41, 5.74) is 0.451. The average molecular weight is 408 g/mol. The van der Waals surface area contributed by atoms with Crippen LogP contribution in [0.15, 0.2) is 53.5 Å². The molecule has 3 heterocycles. The highest BCUT2D eigenvalue weighted by Gasteiger charge is 2.27. The Kier molecular flexibility index (Phi) is 5.63. The second kappa shape index (κ2) is 8.36. The van der Waals surface area contributed by atoms with Crippen LogP contribution in [0.25, 0.3) is 11.0 Å². The Hall–Kier alpha value is -3.06. The standard InChI is InChI=1S/C23H25FN4O2/c1-26-12-9-18(10-13-26)27(2)22(29)19-14-16-7-5-11-25-21(16)28(23(19)30)15-17-6-3-4-8-20(17)24/h3-8,11,14,18H,9-10,12-13,15H2,1-2H3. The minimum absolute atomic E-state index is 0.0120. The van der Waals surface area contributed by atoms with Crippen LogP contribution in [0.5, 0.6) is 0 Å². The molecule has 6 nitrogen and oxygen atoms in total. The number of carbonyl (C=O) groups is 1. The number of amides is 1. The molecule has 0 bridgehead atoms. The summed E-state index contributed by atoms with van der Waals surface area (Å²) < 4.78 is 15.6. The Balaban J connectivity index is 1.75. The van der Waals surface area contributed by atoms with Crippen LogP contribution in [0.2, 0.25) is 0 Å². The molecule has 0 unspecified atom stereocenters. The minimum atomic E-state index is -0.450. The van der Waals surface area contributed by atoms with E-state index in [4.69, 9.17) is 0 Å². The number of benzene rings is 1. The maximum absolute atomic E-state index is 14.3. The van der Waals surface area contributed by atoms with Crippen molar-refractivity contribution in [1.82, 2.24) is 19.4 Å². The number of pyridine rings is 2. The summed E-state index contributed by atoms with van der Waals surface area (Å²) in [6.45, 7) is 1.85. The van der Waals surface area contributed by atoms with Gasteiger partial charge in [-0.2, -0.15) is 0 Å². The highest BCUT2D eigenvalue weighted by Crippen LogP contribution is 2.19. The first-order valence-electron chi connectivity index (χ1n) is 10.1. The fourth-order valence-corrected chi connectivity index (χ4v) is 4.04. The lowest BCUT2D eigenvalue weighted by Crippen LogP contribution is -2.46. The van der Waals surface area contributed by atoms with Crippen LogP contribution < -0.4 is 5.56 Å². The van der Waals surface area contributed by atoms with Gasteiger partial charge in [-0.3, -0.25) is 14.2 Å². The minimum Gasteiger partial charge on any atom is -0.338 e. The van der Waals surface area contributed by atoms with E-state index in [2.05, 4.69) is 16.9 Å². The lowest BCUT2D eigenvalue weighted by Gasteiger charge is -2.35. The van der Waals surface area contributed by atoms with Crippen molar-refractivity contribution < 1.29 is 9.18 Å². The second-order valence-corrected chi connectivity index (χ2v) is 7.91. The number of hydrogen-bond acceptors (Lipinski definition) is 4.